The number of amides is 1. The quantitative estimate of drug-likeness (QED) is 0.823. The van der Waals surface area contributed by atoms with Crippen molar-refractivity contribution in [1.29, 1.82) is 0 Å². The predicted octanol–water partition coefficient (Wildman–Crippen LogP) is 1.75. The van der Waals surface area contributed by atoms with Gasteiger partial charge in [-0.2, -0.15) is 0 Å². The molecule has 1 heterocycles. The minimum Gasteiger partial charge on any atom is -0.324 e. The second kappa shape index (κ2) is 6.12. The van der Waals surface area contributed by atoms with Crippen molar-refractivity contribution in [3.05, 3.63) is 29.6 Å². The van der Waals surface area contributed by atoms with Crippen molar-refractivity contribution in [3.63, 3.8) is 0 Å². The third kappa shape index (κ3) is 3.11. The Balaban J connectivity index is 1.98. The van der Waals surface area contributed by atoms with Crippen molar-refractivity contribution in [2.45, 2.75) is 19.9 Å². The van der Waals surface area contributed by atoms with E-state index in [4.69, 9.17) is 0 Å². The van der Waals surface area contributed by atoms with Crippen molar-refractivity contribution in [2.24, 2.45) is 0 Å². The minimum atomic E-state index is -0.443. The van der Waals surface area contributed by atoms with Crippen LogP contribution >= 0.6 is 0 Å². The molecule has 0 fully saturated rings. The average Bonchev–Trinajstić information content (AvgIpc) is 2.71. The molecule has 19 heavy (non-hydrogen) atoms. The molecular formula is C14H20FN3O. The third-order valence-corrected chi connectivity index (χ3v) is 3.52. The fraction of sp³-hybridized carbons (Fsp3) is 0.500. The zero-order valence-electron chi connectivity index (χ0n) is 11.4. The van der Waals surface area contributed by atoms with Crippen molar-refractivity contribution in [1.82, 2.24) is 10.2 Å². The highest BCUT2D eigenvalue weighted by atomic mass is 19.1. The van der Waals surface area contributed by atoms with E-state index in [1.807, 2.05) is 0 Å². The Hall–Kier alpha value is -1.46. The molecule has 2 N–H and O–H groups in total. The summed E-state index contributed by atoms with van der Waals surface area (Å²) < 4.78 is 13.2. The van der Waals surface area contributed by atoms with Crippen LogP contribution in [-0.4, -0.2) is 37.0 Å². The molecule has 1 amide bonds. The first-order chi connectivity index (χ1) is 9.15. The number of nitrogens with one attached hydrogen (secondary N) is 2. The lowest BCUT2D eigenvalue weighted by molar-refractivity contribution is -0.117. The van der Waals surface area contributed by atoms with Gasteiger partial charge in [0.05, 0.1) is 0 Å². The summed E-state index contributed by atoms with van der Waals surface area (Å²) in [7, 11) is 0. The van der Waals surface area contributed by atoms with Gasteiger partial charge in [0.2, 0.25) is 5.91 Å². The summed E-state index contributed by atoms with van der Waals surface area (Å²) in [6.07, 6.45) is 0. The maximum absolute atomic E-state index is 13.2. The Morgan fingerprint density at radius 1 is 1.37 bits per heavy atom. The molecule has 1 aromatic carbocycles. The van der Waals surface area contributed by atoms with E-state index in [-0.39, 0.29) is 11.7 Å². The second-order valence-electron chi connectivity index (χ2n) is 4.63. The van der Waals surface area contributed by atoms with Gasteiger partial charge in [-0.3, -0.25) is 4.79 Å². The van der Waals surface area contributed by atoms with Crippen LogP contribution in [0.1, 0.15) is 25.5 Å². The van der Waals surface area contributed by atoms with Crippen LogP contribution < -0.4 is 10.6 Å². The van der Waals surface area contributed by atoms with E-state index < -0.39 is 6.04 Å². The van der Waals surface area contributed by atoms with E-state index in [9.17, 15) is 9.18 Å². The fourth-order valence-electron chi connectivity index (χ4n) is 2.34. The van der Waals surface area contributed by atoms with E-state index in [0.717, 1.165) is 19.6 Å². The number of anilines is 1. The number of carbonyl (C=O) groups excluding carboxylic acids is 1. The second-order valence-corrected chi connectivity index (χ2v) is 4.63. The van der Waals surface area contributed by atoms with Gasteiger partial charge < -0.3 is 15.5 Å². The largest absolute Gasteiger partial charge is 0.324 e. The van der Waals surface area contributed by atoms with Gasteiger partial charge in [-0.25, -0.2) is 4.39 Å². The summed E-state index contributed by atoms with van der Waals surface area (Å²) in [5, 5.41) is 5.95. The Bertz CT molecular complexity index is 460. The zero-order chi connectivity index (χ0) is 13.8. The number of hydrogen-bond donors (Lipinski definition) is 2. The van der Waals surface area contributed by atoms with E-state index in [1.165, 1.54) is 12.1 Å². The van der Waals surface area contributed by atoms with Crippen molar-refractivity contribution in [2.75, 3.05) is 31.5 Å². The maximum Gasteiger partial charge on any atom is 0.246 e. The lowest BCUT2D eigenvalue weighted by atomic mass is 10.1. The lowest BCUT2D eigenvalue weighted by Crippen LogP contribution is -2.35. The molecule has 2 rings (SSSR count). The van der Waals surface area contributed by atoms with Gasteiger partial charge in [0.15, 0.2) is 0 Å². The van der Waals surface area contributed by atoms with Crippen LogP contribution in [0, 0.1) is 5.82 Å². The number of hydrogen-bond acceptors (Lipinski definition) is 3. The smallest absolute Gasteiger partial charge is 0.246 e. The Morgan fingerprint density at radius 2 is 2.11 bits per heavy atom. The first-order valence-electron chi connectivity index (χ1n) is 6.71. The van der Waals surface area contributed by atoms with Gasteiger partial charge in [-0.1, -0.05) is 13.8 Å². The minimum absolute atomic E-state index is 0.111. The predicted molar refractivity (Wildman–Crippen MR) is 73.6 cm³/mol. The molecule has 0 saturated carbocycles. The Kier molecular flexibility index (Phi) is 4.50. The molecule has 1 atom stereocenters. The summed E-state index contributed by atoms with van der Waals surface area (Å²) in [4.78, 5) is 14.1. The van der Waals surface area contributed by atoms with Gasteiger partial charge >= 0.3 is 0 Å². The SMILES string of the molecule is CCN(CC)CCNC1C(=O)Nc2ccc(F)cc21. The van der Waals surface area contributed by atoms with E-state index in [2.05, 4.69) is 29.4 Å². The van der Waals surface area contributed by atoms with Gasteiger partial charge in [0, 0.05) is 24.3 Å². The van der Waals surface area contributed by atoms with Crippen LogP contribution in [0.5, 0.6) is 0 Å². The number of nitrogens with zero attached hydrogens (tertiary/aromatic N) is 1. The molecule has 1 aromatic rings. The highest BCUT2D eigenvalue weighted by molar-refractivity contribution is 6.02. The van der Waals surface area contributed by atoms with Crippen LogP contribution in [0.25, 0.3) is 0 Å². The molecule has 104 valence electrons. The molecule has 0 spiro atoms. The molecule has 0 radical (unpaired) electrons. The van der Waals surface area contributed by atoms with Gasteiger partial charge in [-0.05, 0) is 31.3 Å². The molecule has 0 aromatic heterocycles. The molecule has 1 aliphatic rings. The Morgan fingerprint density at radius 3 is 2.79 bits per heavy atom. The maximum atomic E-state index is 13.2. The van der Waals surface area contributed by atoms with Gasteiger partial charge in [-0.15, -0.1) is 0 Å². The standard InChI is InChI=1S/C14H20FN3O/c1-3-18(4-2)8-7-16-13-11-9-10(15)5-6-12(11)17-14(13)19/h5-6,9,13,16H,3-4,7-8H2,1-2H3,(H,17,19). The average molecular weight is 265 g/mol. The van der Waals surface area contributed by atoms with Crippen LogP contribution in [0.3, 0.4) is 0 Å². The molecule has 0 aliphatic carbocycles. The van der Waals surface area contributed by atoms with Crippen LogP contribution in [-0.2, 0) is 4.79 Å². The van der Waals surface area contributed by atoms with Crippen molar-refractivity contribution >= 4 is 11.6 Å². The molecule has 1 unspecified atom stereocenters. The first-order valence-corrected chi connectivity index (χ1v) is 6.71. The highest BCUT2D eigenvalue weighted by Gasteiger charge is 2.30. The van der Waals surface area contributed by atoms with Crippen LogP contribution in [0.4, 0.5) is 10.1 Å². The topological polar surface area (TPSA) is 44.4 Å². The fourth-order valence-corrected chi connectivity index (χ4v) is 2.34. The summed E-state index contributed by atoms with van der Waals surface area (Å²) in [5.41, 5.74) is 1.40. The summed E-state index contributed by atoms with van der Waals surface area (Å²) >= 11 is 0. The summed E-state index contributed by atoms with van der Waals surface area (Å²) in [6.45, 7) is 7.77. The van der Waals surface area contributed by atoms with E-state index in [1.54, 1.807) is 6.07 Å². The molecule has 4 nitrogen and oxygen atoms in total. The number of likely N-dealkylation sites (N-methyl/N-ethyl adjacent to an activating group) is 1. The summed E-state index contributed by atoms with van der Waals surface area (Å²) in [6, 6.07) is 3.94. The number of carbonyl (C=O) groups is 1. The lowest BCUT2D eigenvalue weighted by Gasteiger charge is -2.19. The van der Waals surface area contributed by atoms with E-state index in [0.29, 0.717) is 17.8 Å². The molecule has 0 saturated heterocycles. The van der Waals surface area contributed by atoms with Crippen LogP contribution in [0.2, 0.25) is 0 Å². The number of rotatable bonds is 6. The number of fused-ring (bicyclic) bond motifs is 1. The molecule has 1 aliphatic heterocycles. The normalized spacial score (nSPS) is 17.7. The highest BCUT2D eigenvalue weighted by Crippen LogP contribution is 2.30. The molecule has 0 bridgehead atoms. The van der Waals surface area contributed by atoms with Crippen molar-refractivity contribution < 1.29 is 9.18 Å². The number of halogens is 1. The third-order valence-electron chi connectivity index (χ3n) is 3.52. The number of benzene rings is 1. The van der Waals surface area contributed by atoms with Crippen molar-refractivity contribution in [3.8, 4) is 0 Å². The van der Waals surface area contributed by atoms with Crippen LogP contribution in [0.15, 0.2) is 18.2 Å². The molecular weight excluding hydrogens is 245 g/mol. The zero-order valence-corrected chi connectivity index (χ0v) is 11.4. The Labute approximate surface area is 113 Å². The van der Waals surface area contributed by atoms with Gasteiger partial charge in [0.1, 0.15) is 11.9 Å². The molecule has 5 heteroatoms. The first kappa shape index (κ1) is 14.0. The summed E-state index contributed by atoms with van der Waals surface area (Å²) in [5.74, 6) is -0.425. The van der Waals surface area contributed by atoms with Gasteiger partial charge in [0.25, 0.3) is 0 Å². The van der Waals surface area contributed by atoms with E-state index >= 15 is 0 Å². The monoisotopic (exact) mass is 265 g/mol.